The number of phenolic OH excluding ortho intramolecular Hbond substituents is 1. The van der Waals surface area contributed by atoms with E-state index in [1.165, 1.54) is 6.92 Å². The van der Waals surface area contributed by atoms with E-state index in [-0.39, 0.29) is 11.5 Å². The van der Waals surface area contributed by atoms with Crippen molar-refractivity contribution in [2.75, 3.05) is 0 Å². The van der Waals surface area contributed by atoms with Crippen molar-refractivity contribution in [2.45, 2.75) is 6.92 Å². The predicted molar refractivity (Wildman–Crippen MR) is 39.4 cm³/mol. The molecule has 0 bridgehead atoms. The Hall–Kier alpha value is -1.58. The summed E-state index contributed by atoms with van der Waals surface area (Å²) in [6, 6.07) is 3.13. The largest absolute Gasteiger partial charge is 0.504 e. The summed E-state index contributed by atoms with van der Waals surface area (Å²) in [5.74, 6) is -1.59. The summed E-state index contributed by atoms with van der Waals surface area (Å²) in [6.45, 7) is 1.17. The van der Waals surface area contributed by atoms with Gasteiger partial charge in [0.1, 0.15) is 5.82 Å². The van der Waals surface area contributed by atoms with Crippen LogP contribution in [-0.4, -0.2) is 11.1 Å². The van der Waals surface area contributed by atoms with E-state index in [0.717, 1.165) is 18.2 Å². The van der Waals surface area contributed by atoms with E-state index in [0.29, 0.717) is 0 Å². The van der Waals surface area contributed by atoms with Gasteiger partial charge in [-0.2, -0.15) is 0 Å². The summed E-state index contributed by atoms with van der Waals surface area (Å²) >= 11 is 0. The number of esters is 1. The maximum Gasteiger partial charge on any atom is 0.308 e. The second-order valence-electron chi connectivity index (χ2n) is 2.21. The standard InChI is InChI=1S/C8H7FO3/c1-5(10)12-8-4-6(9)2-3-7(8)11/h2-4,11H,1H3. The molecule has 12 heavy (non-hydrogen) atoms. The molecule has 3 nitrogen and oxygen atoms in total. The molecule has 0 aliphatic carbocycles. The van der Waals surface area contributed by atoms with Crippen LogP contribution in [0.25, 0.3) is 0 Å². The minimum absolute atomic E-state index is 0.164. The monoisotopic (exact) mass is 170 g/mol. The van der Waals surface area contributed by atoms with E-state index < -0.39 is 11.8 Å². The number of benzene rings is 1. The van der Waals surface area contributed by atoms with Gasteiger partial charge in [0.15, 0.2) is 11.5 Å². The second-order valence-corrected chi connectivity index (χ2v) is 2.21. The van der Waals surface area contributed by atoms with E-state index >= 15 is 0 Å². The van der Waals surface area contributed by atoms with Crippen LogP contribution in [0.2, 0.25) is 0 Å². The first kappa shape index (κ1) is 8.52. The average Bonchev–Trinajstić information content (AvgIpc) is 1.96. The third-order valence-corrected chi connectivity index (χ3v) is 1.18. The van der Waals surface area contributed by atoms with E-state index in [9.17, 15) is 9.18 Å². The zero-order valence-electron chi connectivity index (χ0n) is 6.37. The van der Waals surface area contributed by atoms with Crippen LogP contribution in [-0.2, 0) is 4.79 Å². The summed E-state index contributed by atoms with van der Waals surface area (Å²) in [7, 11) is 0. The highest BCUT2D eigenvalue weighted by Gasteiger charge is 2.05. The number of ether oxygens (including phenoxy) is 1. The molecule has 64 valence electrons. The Morgan fingerprint density at radius 1 is 1.58 bits per heavy atom. The van der Waals surface area contributed by atoms with E-state index in [1.54, 1.807) is 0 Å². The molecule has 1 N–H and O–H groups in total. The van der Waals surface area contributed by atoms with E-state index in [4.69, 9.17) is 5.11 Å². The fraction of sp³-hybridized carbons (Fsp3) is 0.125. The summed E-state index contributed by atoms with van der Waals surface area (Å²) in [4.78, 5) is 10.4. The third-order valence-electron chi connectivity index (χ3n) is 1.18. The minimum atomic E-state index is -0.601. The van der Waals surface area contributed by atoms with E-state index in [2.05, 4.69) is 4.74 Å². The van der Waals surface area contributed by atoms with Crippen molar-refractivity contribution in [2.24, 2.45) is 0 Å². The number of hydrogen-bond acceptors (Lipinski definition) is 3. The molecule has 0 spiro atoms. The Morgan fingerprint density at radius 2 is 2.25 bits per heavy atom. The van der Waals surface area contributed by atoms with Crippen molar-refractivity contribution < 1.29 is 19.0 Å². The predicted octanol–water partition coefficient (Wildman–Crippen LogP) is 1.46. The lowest BCUT2D eigenvalue weighted by atomic mass is 10.3. The van der Waals surface area contributed by atoms with Crippen molar-refractivity contribution in [1.82, 2.24) is 0 Å². The molecule has 0 heterocycles. The van der Waals surface area contributed by atoms with Gasteiger partial charge in [0.25, 0.3) is 0 Å². The maximum absolute atomic E-state index is 12.5. The Kier molecular flexibility index (Phi) is 2.28. The van der Waals surface area contributed by atoms with Gasteiger partial charge in [0.05, 0.1) is 0 Å². The molecule has 0 aliphatic heterocycles. The summed E-state index contributed by atoms with van der Waals surface area (Å²) in [6.07, 6.45) is 0. The van der Waals surface area contributed by atoms with Gasteiger partial charge < -0.3 is 9.84 Å². The van der Waals surface area contributed by atoms with Crippen molar-refractivity contribution in [3.63, 3.8) is 0 Å². The molecule has 0 unspecified atom stereocenters. The summed E-state index contributed by atoms with van der Waals surface area (Å²) < 4.78 is 17.0. The smallest absolute Gasteiger partial charge is 0.308 e. The lowest BCUT2D eigenvalue weighted by molar-refractivity contribution is -0.132. The van der Waals surface area contributed by atoms with Crippen molar-refractivity contribution in [1.29, 1.82) is 0 Å². The number of rotatable bonds is 1. The minimum Gasteiger partial charge on any atom is -0.504 e. The molecular formula is C8H7FO3. The van der Waals surface area contributed by atoms with Gasteiger partial charge in [0, 0.05) is 13.0 Å². The number of phenols is 1. The molecule has 0 atom stereocenters. The molecule has 0 saturated heterocycles. The van der Waals surface area contributed by atoms with Gasteiger partial charge >= 0.3 is 5.97 Å². The number of aromatic hydroxyl groups is 1. The van der Waals surface area contributed by atoms with Crippen LogP contribution >= 0.6 is 0 Å². The molecule has 0 aliphatic rings. The lowest BCUT2D eigenvalue weighted by Gasteiger charge is -2.02. The van der Waals surface area contributed by atoms with Gasteiger partial charge in [-0.15, -0.1) is 0 Å². The highest BCUT2D eigenvalue weighted by molar-refractivity contribution is 5.70. The Bertz CT molecular complexity index is 309. The van der Waals surface area contributed by atoms with Gasteiger partial charge in [-0.1, -0.05) is 0 Å². The number of carbonyl (C=O) groups is 1. The second kappa shape index (κ2) is 3.21. The number of hydrogen-bond donors (Lipinski definition) is 1. The molecule has 1 aromatic carbocycles. The van der Waals surface area contributed by atoms with Crippen molar-refractivity contribution in [3.8, 4) is 11.5 Å². The molecule has 1 rings (SSSR count). The quantitative estimate of drug-likeness (QED) is 0.512. The number of halogens is 1. The van der Waals surface area contributed by atoms with Crippen molar-refractivity contribution >= 4 is 5.97 Å². The fourth-order valence-corrected chi connectivity index (χ4v) is 0.725. The van der Waals surface area contributed by atoms with Crippen LogP contribution in [0.3, 0.4) is 0 Å². The van der Waals surface area contributed by atoms with Crippen LogP contribution in [0.15, 0.2) is 18.2 Å². The molecule has 0 aromatic heterocycles. The van der Waals surface area contributed by atoms with Gasteiger partial charge in [-0.05, 0) is 12.1 Å². The Balaban J connectivity index is 2.97. The highest BCUT2D eigenvalue weighted by Crippen LogP contribution is 2.25. The summed E-state index contributed by atoms with van der Waals surface area (Å²) in [5, 5.41) is 9.04. The Morgan fingerprint density at radius 3 is 2.83 bits per heavy atom. The van der Waals surface area contributed by atoms with Gasteiger partial charge in [-0.25, -0.2) is 4.39 Å². The van der Waals surface area contributed by atoms with Crippen LogP contribution in [0.4, 0.5) is 4.39 Å². The fourth-order valence-electron chi connectivity index (χ4n) is 0.725. The molecule has 4 heteroatoms. The van der Waals surface area contributed by atoms with Crippen molar-refractivity contribution in [3.05, 3.63) is 24.0 Å². The maximum atomic E-state index is 12.5. The first-order valence-corrected chi connectivity index (χ1v) is 3.26. The Labute approximate surface area is 68.4 Å². The zero-order valence-corrected chi connectivity index (χ0v) is 6.37. The molecule has 0 amide bonds. The van der Waals surface area contributed by atoms with Gasteiger partial charge in [0.2, 0.25) is 0 Å². The molecule has 0 fully saturated rings. The lowest BCUT2D eigenvalue weighted by Crippen LogP contribution is -2.01. The van der Waals surface area contributed by atoms with Gasteiger partial charge in [-0.3, -0.25) is 4.79 Å². The first-order chi connectivity index (χ1) is 5.59. The van der Waals surface area contributed by atoms with Crippen LogP contribution < -0.4 is 4.74 Å². The molecule has 1 aromatic rings. The SMILES string of the molecule is CC(=O)Oc1cc(F)ccc1O. The van der Waals surface area contributed by atoms with Crippen LogP contribution in [0, 0.1) is 5.82 Å². The third kappa shape index (κ3) is 1.95. The van der Waals surface area contributed by atoms with E-state index in [1.807, 2.05) is 0 Å². The summed E-state index contributed by atoms with van der Waals surface area (Å²) in [5.41, 5.74) is 0. The zero-order chi connectivity index (χ0) is 9.14. The average molecular weight is 170 g/mol. The van der Waals surface area contributed by atoms with Crippen LogP contribution in [0.5, 0.6) is 11.5 Å². The molecule has 0 radical (unpaired) electrons. The molecular weight excluding hydrogens is 163 g/mol. The molecule has 0 saturated carbocycles. The number of carbonyl (C=O) groups excluding carboxylic acids is 1. The van der Waals surface area contributed by atoms with Crippen LogP contribution in [0.1, 0.15) is 6.92 Å². The highest BCUT2D eigenvalue weighted by atomic mass is 19.1. The first-order valence-electron chi connectivity index (χ1n) is 3.26. The topological polar surface area (TPSA) is 46.5 Å². The normalized spacial score (nSPS) is 9.50.